The number of hydrogen-bond donors (Lipinski definition) is 1. The molecule has 0 unspecified atom stereocenters. The molecule has 16 heavy (non-hydrogen) atoms. The molecule has 2 heterocycles. The Balaban J connectivity index is 0.00000128. The first-order valence-electron chi connectivity index (χ1n) is 5.60. The normalized spacial score (nSPS) is 29.5. The van der Waals surface area contributed by atoms with Crippen LogP contribution in [0.1, 0.15) is 12.8 Å². The van der Waals surface area contributed by atoms with E-state index in [-0.39, 0.29) is 30.1 Å². The smallest absolute Gasteiger partial charge is 0.191 e. The van der Waals surface area contributed by atoms with Crippen molar-refractivity contribution in [3.05, 3.63) is 12.7 Å². The second-order valence-corrected chi connectivity index (χ2v) is 4.16. The monoisotopic (exact) mass is 337 g/mol. The molecule has 2 fully saturated rings. The summed E-state index contributed by atoms with van der Waals surface area (Å²) in [5.74, 6) is 1.15. The lowest BCUT2D eigenvalue weighted by Crippen LogP contribution is -2.46. The minimum atomic E-state index is 0. The fourth-order valence-corrected chi connectivity index (χ4v) is 1.97. The Kier molecular flexibility index (Phi) is 5.54. The lowest BCUT2D eigenvalue weighted by molar-refractivity contribution is 0.129. The molecule has 0 aromatic heterocycles. The predicted molar refractivity (Wildman–Crippen MR) is 76.1 cm³/mol. The van der Waals surface area contributed by atoms with Gasteiger partial charge in [-0.3, -0.25) is 4.99 Å². The van der Waals surface area contributed by atoms with Gasteiger partial charge in [-0.15, -0.1) is 30.6 Å². The topological polar surface area (TPSA) is 50.9 Å². The predicted octanol–water partition coefficient (Wildman–Crippen LogP) is 1.22. The first kappa shape index (κ1) is 13.8. The molecule has 5 heteroatoms. The van der Waals surface area contributed by atoms with Gasteiger partial charge in [-0.25, -0.2) is 0 Å². The SMILES string of the molecule is C=C[C@@H]1OCC[C@H]1CN=C(N)N1CCC1.I. The fourth-order valence-electron chi connectivity index (χ4n) is 1.97. The number of rotatable bonds is 3. The van der Waals surface area contributed by atoms with Gasteiger partial charge in [0.1, 0.15) is 0 Å². The van der Waals surface area contributed by atoms with Crippen molar-refractivity contribution >= 4 is 29.9 Å². The van der Waals surface area contributed by atoms with E-state index in [1.54, 1.807) is 0 Å². The van der Waals surface area contributed by atoms with Crippen LogP contribution in [0.15, 0.2) is 17.6 Å². The van der Waals surface area contributed by atoms with Gasteiger partial charge in [-0.2, -0.15) is 0 Å². The lowest BCUT2D eigenvalue weighted by atomic mass is 10.0. The van der Waals surface area contributed by atoms with Crippen LogP contribution in [-0.2, 0) is 4.74 Å². The zero-order chi connectivity index (χ0) is 10.7. The lowest BCUT2D eigenvalue weighted by Gasteiger charge is -2.31. The largest absolute Gasteiger partial charge is 0.374 e. The van der Waals surface area contributed by atoms with Crippen molar-refractivity contribution in [3.8, 4) is 0 Å². The average molecular weight is 337 g/mol. The van der Waals surface area contributed by atoms with Gasteiger partial charge >= 0.3 is 0 Å². The van der Waals surface area contributed by atoms with Gasteiger partial charge in [0.2, 0.25) is 0 Å². The van der Waals surface area contributed by atoms with E-state index in [2.05, 4.69) is 16.5 Å². The van der Waals surface area contributed by atoms with E-state index in [0.717, 1.165) is 32.7 Å². The van der Waals surface area contributed by atoms with Crippen LogP contribution in [0, 0.1) is 5.92 Å². The third-order valence-corrected chi connectivity index (χ3v) is 3.16. The van der Waals surface area contributed by atoms with E-state index >= 15 is 0 Å². The maximum absolute atomic E-state index is 5.85. The van der Waals surface area contributed by atoms with Crippen LogP contribution >= 0.6 is 24.0 Å². The van der Waals surface area contributed by atoms with Crippen molar-refractivity contribution in [2.24, 2.45) is 16.6 Å². The van der Waals surface area contributed by atoms with Crippen LogP contribution in [0.4, 0.5) is 0 Å². The minimum Gasteiger partial charge on any atom is -0.374 e. The molecule has 2 aliphatic rings. The Hall–Kier alpha value is -0.300. The molecule has 2 saturated heterocycles. The van der Waals surface area contributed by atoms with Crippen molar-refractivity contribution in [2.45, 2.75) is 18.9 Å². The molecule has 0 bridgehead atoms. The zero-order valence-corrected chi connectivity index (χ0v) is 11.8. The second kappa shape index (κ2) is 6.44. The molecular weight excluding hydrogens is 317 g/mol. The quantitative estimate of drug-likeness (QED) is 0.365. The molecule has 0 radical (unpaired) electrons. The van der Waals surface area contributed by atoms with Gasteiger partial charge in [0.05, 0.1) is 6.10 Å². The van der Waals surface area contributed by atoms with Crippen LogP contribution < -0.4 is 5.73 Å². The first-order chi connectivity index (χ1) is 7.31. The Labute approximate surface area is 114 Å². The molecular formula is C11H20IN3O. The number of ether oxygens (including phenoxy) is 1. The molecule has 2 N–H and O–H groups in total. The Morgan fingerprint density at radius 3 is 2.88 bits per heavy atom. The number of hydrogen-bond acceptors (Lipinski definition) is 2. The zero-order valence-electron chi connectivity index (χ0n) is 9.47. The summed E-state index contributed by atoms with van der Waals surface area (Å²) < 4.78 is 5.51. The molecule has 0 saturated carbocycles. The molecule has 0 aliphatic carbocycles. The van der Waals surface area contributed by atoms with E-state index in [1.807, 2.05) is 6.08 Å². The highest BCUT2D eigenvalue weighted by Crippen LogP contribution is 2.21. The standard InChI is InChI=1S/C11H19N3O.HI/c1-2-10-9(4-7-15-10)8-13-11(12)14-5-3-6-14;/h2,9-10H,1,3-8H2,(H2,12,13);1H/t9-,10-;/m0./s1. The third-order valence-electron chi connectivity index (χ3n) is 3.16. The Morgan fingerprint density at radius 1 is 1.56 bits per heavy atom. The number of likely N-dealkylation sites (tertiary alicyclic amines) is 1. The highest BCUT2D eigenvalue weighted by molar-refractivity contribution is 14.0. The molecule has 0 aromatic carbocycles. The maximum Gasteiger partial charge on any atom is 0.191 e. The third kappa shape index (κ3) is 3.10. The van der Waals surface area contributed by atoms with E-state index in [0.29, 0.717) is 11.9 Å². The molecule has 0 amide bonds. The van der Waals surface area contributed by atoms with E-state index in [9.17, 15) is 0 Å². The summed E-state index contributed by atoms with van der Waals surface area (Å²) in [6.45, 7) is 7.46. The Morgan fingerprint density at radius 2 is 2.31 bits per heavy atom. The van der Waals surface area contributed by atoms with E-state index < -0.39 is 0 Å². The molecule has 92 valence electrons. The second-order valence-electron chi connectivity index (χ2n) is 4.16. The molecule has 2 rings (SSSR count). The summed E-state index contributed by atoms with van der Waals surface area (Å²) in [7, 11) is 0. The minimum absolute atomic E-state index is 0. The molecule has 0 aromatic rings. The van der Waals surface area contributed by atoms with E-state index in [1.165, 1.54) is 6.42 Å². The summed E-state index contributed by atoms with van der Waals surface area (Å²) in [4.78, 5) is 6.53. The van der Waals surface area contributed by atoms with Crippen molar-refractivity contribution in [3.63, 3.8) is 0 Å². The summed E-state index contributed by atoms with van der Waals surface area (Å²) in [5, 5.41) is 0. The Bertz CT molecular complexity index is 266. The summed E-state index contributed by atoms with van der Waals surface area (Å²) in [6.07, 6.45) is 4.33. The molecule has 4 nitrogen and oxygen atoms in total. The van der Waals surface area contributed by atoms with Crippen molar-refractivity contribution in [1.29, 1.82) is 0 Å². The van der Waals surface area contributed by atoms with Crippen molar-refractivity contribution in [1.82, 2.24) is 4.90 Å². The average Bonchev–Trinajstić information content (AvgIpc) is 2.58. The molecule has 0 spiro atoms. The summed E-state index contributed by atoms with van der Waals surface area (Å²) in [6, 6.07) is 0. The summed E-state index contributed by atoms with van der Waals surface area (Å²) >= 11 is 0. The fraction of sp³-hybridized carbons (Fsp3) is 0.727. The summed E-state index contributed by atoms with van der Waals surface area (Å²) in [5.41, 5.74) is 5.85. The van der Waals surface area contributed by atoms with Crippen molar-refractivity contribution < 1.29 is 4.74 Å². The number of nitrogens with two attached hydrogens (primary N) is 1. The van der Waals surface area contributed by atoms with Gasteiger partial charge in [-0.1, -0.05) is 6.08 Å². The van der Waals surface area contributed by atoms with Crippen LogP contribution in [0.5, 0.6) is 0 Å². The number of aliphatic imine (C=N–C) groups is 1. The maximum atomic E-state index is 5.85. The number of halogens is 1. The number of guanidine groups is 1. The highest BCUT2D eigenvalue weighted by Gasteiger charge is 2.25. The van der Waals surface area contributed by atoms with Gasteiger partial charge < -0.3 is 15.4 Å². The van der Waals surface area contributed by atoms with Crippen LogP contribution in [0.2, 0.25) is 0 Å². The molecule has 2 atom stereocenters. The van der Waals surface area contributed by atoms with Gasteiger partial charge in [-0.05, 0) is 12.8 Å². The molecule has 2 aliphatic heterocycles. The first-order valence-corrected chi connectivity index (χ1v) is 5.60. The van der Waals surface area contributed by atoms with Gasteiger partial charge in [0, 0.05) is 32.2 Å². The van der Waals surface area contributed by atoms with Crippen molar-refractivity contribution in [2.75, 3.05) is 26.2 Å². The number of nitrogens with zero attached hydrogens (tertiary/aromatic N) is 2. The van der Waals surface area contributed by atoms with Crippen LogP contribution in [-0.4, -0.2) is 43.2 Å². The van der Waals surface area contributed by atoms with E-state index in [4.69, 9.17) is 10.5 Å². The van der Waals surface area contributed by atoms with Gasteiger partial charge in [0.15, 0.2) is 5.96 Å². The van der Waals surface area contributed by atoms with Gasteiger partial charge in [0.25, 0.3) is 0 Å². The van der Waals surface area contributed by atoms with Crippen LogP contribution in [0.3, 0.4) is 0 Å². The highest BCUT2D eigenvalue weighted by atomic mass is 127. The van der Waals surface area contributed by atoms with Crippen LogP contribution in [0.25, 0.3) is 0 Å².